The summed E-state index contributed by atoms with van der Waals surface area (Å²) in [5.74, 6) is 1.44. The highest BCUT2D eigenvalue weighted by Crippen LogP contribution is 2.34. The van der Waals surface area contributed by atoms with E-state index >= 15 is 0 Å². The summed E-state index contributed by atoms with van der Waals surface area (Å²) in [6.07, 6.45) is 20.9. The van der Waals surface area contributed by atoms with E-state index in [-0.39, 0.29) is 0 Å². The zero-order chi connectivity index (χ0) is 41.5. The van der Waals surface area contributed by atoms with Crippen molar-refractivity contribution in [3.05, 3.63) is 125 Å². The summed E-state index contributed by atoms with van der Waals surface area (Å²) in [6, 6.07) is 21.9. The van der Waals surface area contributed by atoms with E-state index in [9.17, 15) is 0 Å². The first-order valence-electron chi connectivity index (χ1n) is 20.9. The van der Waals surface area contributed by atoms with Crippen LogP contribution in [0.15, 0.2) is 115 Å². The van der Waals surface area contributed by atoms with Gasteiger partial charge < -0.3 is 9.47 Å². The maximum absolute atomic E-state index is 6.57. The number of halogens is 3. The van der Waals surface area contributed by atoms with E-state index in [1.165, 1.54) is 51.6 Å². The summed E-state index contributed by atoms with van der Waals surface area (Å²) in [5, 5.41) is 11.2. The number of hydrogen-bond acceptors (Lipinski definition) is 9. The second kappa shape index (κ2) is 19.3. The van der Waals surface area contributed by atoms with E-state index in [0.29, 0.717) is 29.0 Å². The highest BCUT2D eigenvalue weighted by atomic mass is 79.9. The number of rotatable bonds is 11. The summed E-state index contributed by atoms with van der Waals surface area (Å²) in [4.78, 5) is 18.6. The molecule has 0 atom stereocenters. The van der Waals surface area contributed by atoms with Gasteiger partial charge in [0.25, 0.3) is 0 Å². The Labute approximate surface area is 373 Å². The summed E-state index contributed by atoms with van der Waals surface area (Å²) in [5.41, 5.74) is 8.44. The monoisotopic (exact) mass is 917 g/mol. The number of benzene rings is 3. The molecule has 0 spiro atoms. The molecule has 3 aromatic carbocycles. The molecule has 2 saturated heterocycles. The van der Waals surface area contributed by atoms with Gasteiger partial charge in [0.2, 0.25) is 0 Å². The van der Waals surface area contributed by atoms with Crippen LogP contribution in [0, 0.1) is 0 Å². The predicted molar refractivity (Wildman–Crippen MR) is 247 cm³/mol. The van der Waals surface area contributed by atoms with Gasteiger partial charge in [-0.2, -0.15) is 10.2 Å². The Balaban J connectivity index is 0.000000163. The lowest BCUT2D eigenvalue weighted by molar-refractivity contribution is 0.183. The Morgan fingerprint density at radius 3 is 1.74 bits per heavy atom. The molecule has 312 valence electrons. The van der Waals surface area contributed by atoms with Crippen molar-refractivity contribution in [3.63, 3.8) is 0 Å². The number of fused-ring (bicyclic) bond motifs is 3. The zero-order valence-electron chi connectivity index (χ0n) is 33.8. The van der Waals surface area contributed by atoms with Crippen LogP contribution in [-0.4, -0.2) is 96.5 Å². The third kappa shape index (κ3) is 9.69. The van der Waals surface area contributed by atoms with Crippen LogP contribution in [-0.2, 0) is 0 Å². The van der Waals surface area contributed by atoms with Gasteiger partial charge in [0.15, 0.2) is 11.3 Å². The summed E-state index contributed by atoms with van der Waals surface area (Å²) in [7, 11) is 0. The zero-order valence-corrected chi connectivity index (χ0v) is 36.9. The molecule has 7 heterocycles. The second-order valence-corrected chi connectivity index (χ2v) is 17.1. The maximum atomic E-state index is 6.57. The molecule has 14 heteroatoms. The molecule has 61 heavy (non-hydrogen) atoms. The van der Waals surface area contributed by atoms with Gasteiger partial charge in [0.1, 0.15) is 24.7 Å². The molecule has 2 fully saturated rings. The van der Waals surface area contributed by atoms with Gasteiger partial charge >= 0.3 is 0 Å². The molecule has 0 amide bonds. The molecule has 0 N–H and O–H groups in total. The first kappa shape index (κ1) is 41.3. The van der Waals surface area contributed by atoms with E-state index in [4.69, 9.17) is 37.7 Å². The SMILES string of the molecule is Clc1cc(-c2cnc3c(-c4cccc5ncccc45)cnn3c2)ccc1OCCN1CCCCC1.Clc1cc(-c2cnc3c(Br)cnn3c2)ccc1OCCN1CCCCC1. The van der Waals surface area contributed by atoms with E-state index in [2.05, 4.69) is 58.0 Å². The smallest absolute Gasteiger partial charge is 0.169 e. The van der Waals surface area contributed by atoms with Gasteiger partial charge in [-0.1, -0.05) is 66.4 Å². The summed E-state index contributed by atoms with van der Waals surface area (Å²) >= 11 is 16.4. The molecule has 0 bridgehead atoms. The number of hydrogen-bond donors (Lipinski definition) is 0. The minimum Gasteiger partial charge on any atom is -0.491 e. The lowest BCUT2D eigenvalue weighted by Gasteiger charge is -2.26. The van der Waals surface area contributed by atoms with Gasteiger partial charge in [-0.3, -0.25) is 14.8 Å². The van der Waals surface area contributed by atoms with Crippen molar-refractivity contribution in [3.8, 4) is 44.9 Å². The molecule has 10 rings (SSSR count). The Morgan fingerprint density at radius 2 is 1.13 bits per heavy atom. The third-order valence-corrected chi connectivity index (χ3v) is 12.5. The largest absolute Gasteiger partial charge is 0.491 e. The number of ether oxygens (including phenoxy) is 2. The number of likely N-dealkylation sites (tertiary alicyclic amines) is 2. The number of pyridine rings is 1. The van der Waals surface area contributed by atoms with E-state index in [1.807, 2.05) is 96.3 Å². The lowest BCUT2D eigenvalue weighted by atomic mass is 10.0. The Kier molecular flexibility index (Phi) is 13.0. The Morgan fingerprint density at radius 1 is 0.557 bits per heavy atom. The van der Waals surface area contributed by atoms with Crippen LogP contribution in [0.1, 0.15) is 38.5 Å². The highest BCUT2D eigenvalue weighted by Gasteiger charge is 2.15. The van der Waals surface area contributed by atoms with Crippen LogP contribution in [0.2, 0.25) is 10.0 Å². The third-order valence-electron chi connectivity index (χ3n) is 11.4. The maximum Gasteiger partial charge on any atom is 0.169 e. The molecule has 2 aliphatic rings. The van der Waals surface area contributed by atoms with Crippen molar-refractivity contribution in [1.29, 1.82) is 0 Å². The lowest BCUT2D eigenvalue weighted by Crippen LogP contribution is -2.33. The standard InChI is InChI=1S/C28H26ClN5O.C19H20BrClN4O/c29-25-16-20(9-10-27(25)35-15-14-33-12-2-1-3-13-33)21-17-31-28-24(18-32-34(28)19-21)22-6-4-8-26-23(22)7-5-11-30-26;20-16-12-23-25-13-15(11-22-19(16)25)14-4-5-18(17(21)10-14)26-9-8-24-6-2-1-3-7-24/h4-11,16-19H,1-3,12-15H2;4-5,10-13H,1-3,6-9H2. The summed E-state index contributed by atoms with van der Waals surface area (Å²) in [6.45, 7) is 7.88. The number of nitrogens with zero attached hydrogens (tertiary/aromatic N) is 9. The molecule has 5 aromatic heterocycles. The fourth-order valence-corrected chi connectivity index (χ4v) is 8.92. The van der Waals surface area contributed by atoms with Gasteiger partial charge in [0.05, 0.1) is 32.4 Å². The average molecular weight is 920 g/mol. The molecule has 2 aliphatic heterocycles. The van der Waals surface area contributed by atoms with Crippen molar-refractivity contribution in [2.45, 2.75) is 38.5 Å². The van der Waals surface area contributed by atoms with Crippen LogP contribution < -0.4 is 9.47 Å². The minimum absolute atomic E-state index is 0.602. The molecular formula is C47H46BrCl2N9O2. The Bertz CT molecular complexity index is 2760. The second-order valence-electron chi connectivity index (χ2n) is 15.4. The molecule has 0 radical (unpaired) electrons. The van der Waals surface area contributed by atoms with Crippen LogP contribution in [0.5, 0.6) is 11.5 Å². The number of aromatic nitrogens is 7. The van der Waals surface area contributed by atoms with Gasteiger partial charge in [-0.05, 0) is 121 Å². The first-order valence-corrected chi connectivity index (χ1v) is 22.5. The van der Waals surface area contributed by atoms with Crippen LogP contribution in [0.25, 0.3) is 55.6 Å². The van der Waals surface area contributed by atoms with E-state index in [1.54, 1.807) is 10.7 Å². The first-order chi connectivity index (χ1) is 30.0. The van der Waals surface area contributed by atoms with Crippen LogP contribution in [0.3, 0.4) is 0 Å². The molecule has 8 aromatic rings. The van der Waals surface area contributed by atoms with Crippen molar-refractivity contribution in [2.75, 3.05) is 52.5 Å². The average Bonchev–Trinajstić information content (AvgIpc) is 3.90. The molecule has 11 nitrogen and oxygen atoms in total. The van der Waals surface area contributed by atoms with Gasteiger partial charge in [0, 0.05) is 66.2 Å². The van der Waals surface area contributed by atoms with E-state index in [0.717, 1.165) is 92.0 Å². The predicted octanol–water partition coefficient (Wildman–Crippen LogP) is 10.8. The van der Waals surface area contributed by atoms with Crippen molar-refractivity contribution in [2.24, 2.45) is 0 Å². The van der Waals surface area contributed by atoms with Gasteiger partial charge in [-0.25, -0.2) is 19.0 Å². The van der Waals surface area contributed by atoms with Crippen molar-refractivity contribution < 1.29 is 9.47 Å². The normalized spacial score (nSPS) is 14.9. The number of piperidine rings is 2. The Hall–Kier alpha value is -5.11. The fraction of sp³-hybridized carbons (Fsp3) is 0.298. The van der Waals surface area contributed by atoms with Gasteiger partial charge in [-0.15, -0.1) is 0 Å². The van der Waals surface area contributed by atoms with E-state index < -0.39 is 0 Å². The highest BCUT2D eigenvalue weighted by molar-refractivity contribution is 9.10. The van der Waals surface area contributed by atoms with Crippen LogP contribution >= 0.6 is 39.1 Å². The topological polar surface area (TPSA) is 98.2 Å². The van der Waals surface area contributed by atoms with Crippen molar-refractivity contribution in [1.82, 2.24) is 44.0 Å². The summed E-state index contributed by atoms with van der Waals surface area (Å²) < 4.78 is 16.3. The fourth-order valence-electron chi connectivity index (χ4n) is 8.08. The van der Waals surface area contributed by atoms with Crippen molar-refractivity contribution >= 4 is 61.3 Å². The van der Waals surface area contributed by atoms with Crippen LogP contribution in [0.4, 0.5) is 0 Å². The minimum atomic E-state index is 0.602. The quantitative estimate of drug-likeness (QED) is 0.126. The molecular weight excluding hydrogens is 873 g/mol. The molecule has 0 unspecified atom stereocenters. The molecule has 0 saturated carbocycles. The molecule has 0 aliphatic carbocycles.